The van der Waals surface area contributed by atoms with Crippen LogP contribution in [-0.4, -0.2) is 17.4 Å². The Labute approximate surface area is 181 Å². The molecule has 0 saturated heterocycles. The number of nitrogens with one attached hydrogen (secondary N) is 3. The minimum atomic E-state index is -4.70. The molecule has 162 valence electrons. The molecule has 2 aromatic carbocycles. The number of hydrogen-bond acceptors (Lipinski definition) is 5. The standard InChI is InChI=1S/C21H19F3N4O2S/c22-21(23,24)30-18-5-1-15(2-6-18)14-27-31-19-7-3-17(4-8-19)28-20(29)26-13-16-9-11-25-12-10-16/h1-12,27H,13-14H2,(H2,26,28,29). The van der Waals surface area contributed by atoms with E-state index in [4.69, 9.17) is 0 Å². The van der Waals surface area contributed by atoms with E-state index < -0.39 is 6.36 Å². The minimum Gasteiger partial charge on any atom is -0.406 e. The fraction of sp³-hybridized carbons (Fsp3) is 0.143. The molecule has 0 unspecified atom stereocenters. The Hall–Kier alpha value is -3.24. The number of nitrogens with zero attached hydrogens (tertiary/aromatic N) is 1. The maximum Gasteiger partial charge on any atom is 0.573 e. The second-order valence-electron chi connectivity index (χ2n) is 6.30. The Bertz CT molecular complexity index is 969. The molecular formula is C21H19F3N4O2S. The summed E-state index contributed by atoms with van der Waals surface area (Å²) < 4.78 is 43.5. The first-order valence-corrected chi connectivity index (χ1v) is 9.97. The summed E-state index contributed by atoms with van der Waals surface area (Å²) in [5, 5.41) is 5.52. The molecular weight excluding hydrogens is 429 g/mol. The summed E-state index contributed by atoms with van der Waals surface area (Å²) in [4.78, 5) is 16.8. The van der Waals surface area contributed by atoms with Gasteiger partial charge in [0.05, 0.1) is 0 Å². The number of pyridine rings is 1. The summed E-state index contributed by atoms with van der Waals surface area (Å²) in [6.45, 7) is 0.851. The van der Waals surface area contributed by atoms with Crippen LogP contribution >= 0.6 is 11.9 Å². The first-order chi connectivity index (χ1) is 14.9. The smallest absolute Gasteiger partial charge is 0.406 e. The van der Waals surface area contributed by atoms with Gasteiger partial charge in [-0.15, -0.1) is 13.2 Å². The Morgan fingerprint density at radius 3 is 2.19 bits per heavy atom. The highest BCUT2D eigenvalue weighted by molar-refractivity contribution is 7.97. The molecule has 0 spiro atoms. The van der Waals surface area contributed by atoms with Crippen molar-refractivity contribution in [2.45, 2.75) is 24.3 Å². The van der Waals surface area contributed by atoms with E-state index in [9.17, 15) is 18.0 Å². The van der Waals surface area contributed by atoms with Crippen LogP contribution in [-0.2, 0) is 13.1 Å². The number of rotatable bonds is 8. The fourth-order valence-electron chi connectivity index (χ4n) is 2.48. The minimum absolute atomic E-state index is 0.253. The number of hydrogen-bond donors (Lipinski definition) is 3. The molecule has 2 amide bonds. The summed E-state index contributed by atoms with van der Waals surface area (Å²) in [7, 11) is 0. The Balaban J connectivity index is 1.39. The number of benzene rings is 2. The number of carbonyl (C=O) groups excluding carboxylic acids is 1. The average molecular weight is 448 g/mol. The van der Waals surface area contributed by atoms with Crippen molar-refractivity contribution >= 4 is 23.7 Å². The predicted octanol–water partition coefficient (Wildman–Crippen LogP) is 5.10. The van der Waals surface area contributed by atoms with Crippen molar-refractivity contribution in [1.29, 1.82) is 0 Å². The number of amides is 2. The topological polar surface area (TPSA) is 75.3 Å². The quantitative estimate of drug-likeness (QED) is 0.418. The average Bonchev–Trinajstić information content (AvgIpc) is 2.74. The molecule has 6 nitrogen and oxygen atoms in total. The molecule has 10 heteroatoms. The number of carbonyl (C=O) groups is 1. The molecule has 3 N–H and O–H groups in total. The van der Waals surface area contributed by atoms with Crippen LogP contribution in [0, 0.1) is 0 Å². The second kappa shape index (κ2) is 10.7. The Morgan fingerprint density at radius 2 is 1.55 bits per heavy atom. The van der Waals surface area contributed by atoms with Crippen LogP contribution in [0.4, 0.5) is 23.7 Å². The van der Waals surface area contributed by atoms with Crippen molar-refractivity contribution in [1.82, 2.24) is 15.0 Å². The molecule has 3 aromatic rings. The molecule has 1 heterocycles. The van der Waals surface area contributed by atoms with Crippen molar-refractivity contribution in [3.8, 4) is 5.75 Å². The molecule has 0 saturated carbocycles. The lowest BCUT2D eigenvalue weighted by Crippen LogP contribution is -2.28. The molecule has 0 aliphatic rings. The lowest BCUT2D eigenvalue weighted by atomic mass is 10.2. The molecule has 0 radical (unpaired) electrons. The number of anilines is 1. The zero-order valence-corrected chi connectivity index (χ0v) is 17.0. The van der Waals surface area contributed by atoms with Gasteiger partial charge < -0.3 is 15.4 Å². The number of alkyl halides is 3. The van der Waals surface area contributed by atoms with Crippen molar-refractivity contribution in [2.24, 2.45) is 0 Å². The van der Waals surface area contributed by atoms with Gasteiger partial charge in [-0.1, -0.05) is 12.1 Å². The maximum absolute atomic E-state index is 12.2. The van der Waals surface area contributed by atoms with Gasteiger partial charge in [0.1, 0.15) is 5.75 Å². The largest absolute Gasteiger partial charge is 0.573 e. The third kappa shape index (κ3) is 8.19. The van der Waals surface area contributed by atoms with Crippen molar-refractivity contribution in [3.63, 3.8) is 0 Å². The summed E-state index contributed by atoms with van der Waals surface area (Å²) in [6, 6.07) is 16.2. The third-order valence-electron chi connectivity index (χ3n) is 3.94. The van der Waals surface area contributed by atoms with E-state index >= 15 is 0 Å². The molecule has 0 bridgehead atoms. The highest BCUT2D eigenvalue weighted by Gasteiger charge is 2.30. The van der Waals surface area contributed by atoms with E-state index in [1.807, 2.05) is 24.3 Å². The monoisotopic (exact) mass is 448 g/mol. The van der Waals surface area contributed by atoms with Gasteiger partial charge in [0.15, 0.2) is 0 Å². The predicted molar refractivity (Wildman–Crippen MR) is 112 cm³/mol. The van der Waals surface area contributed by atoms with E-state index in [1.165, 1.54) is 24.1 Å². The van der Waals surface area contributed by atoms with Crippen LogP contribution in [0.2, 0.25) is 0 Å². The van der Waals surface area contributed by atoms with E-state index in [2.05, 4.69) is 25.1 Å². The molecule has 3 rings (SSSR count). The van der Waals surface area contributed by atoms with Crippen LogP contribution in [0.3, 0.4) is 0 Å². The van der Waals surface area contributed by atoms with Gasteiger partial charge in [0.25, 0.3) is 0 Å². The van der Waals surface area contributed by atoms with Crippen LogP contribution in [0.15, 0.2) is 78.0 Å². The molecule has 1 aromatic heterocycles. The Morgan fingerprint density at radius 1 is 0.903 bits per heavy atom. The SMILES string of the molecule is O=C(NCc1ccncc1)Nc1ccc(SNCc2ccc(OC(F)(F)F)cc2)cc1. The molecule has 31 heavy (non-hydrogen) atoms. The van der Waals surface area contributed by atoms with Gasteiger partial charge in [-0.05, 0) is 71.6 Å². The summed E-state index contributed by atoms with van der Waals surface area (Å²) in [6.07, 6.45) is -1.37. The van der Waals surface area contributed by atoms with E-state index in [0.29, 0.717) is 18.8 Å². The summed E-state index contributed by atoms with van der Waals surface area (Å²) >= 11 is 1.37. The third-order valence-corrected chi connectivity index (χ3v) is 4.73. The van der Waals surface area contributed by atoms with Gasteiger partial charge in [-0.25, -0.2) is 4.79 Å². The number of urea groups is 1. The van der Waals surface area contributed by atoms with Crippen LogP contribution < -0.4 is 20.1 Å². The number of ether oxygens (including phenoxy) is 1. The molecule has 0 atom stereocenters. The van der Waals surface area contributed by atoms with Crippen molar-refractivity contribution in [3.05, 3.63) is 84.2 Å². The highest BCUT2D eigenvalue weighted by atomic mass is 32.2. The van der Waals surface area contributed by atoms with E-state index in [-0.39, 0.29) is 11.8 Å². The normalized spacial score (nSPS) is 11.1. The van der Waals surface area contributed by atoms with E-state index in [1.54, 1.807) is 36.7 Å². The van der Waals surface area contributed by atoms with Gasteiger partial charge in [0.2, 0.25) is 0 Å². The lowest BCUT2D eigenvalue weighted by molar-refractivity contribution is -0.274. The van der Waals surface area contributed by atoms with Crippen LogP contribution in [0.1, 0.15) is 11.1 Å². The molecule has 0 fully saturated rings. The van der Waals surface area contributed by atoms with Gasteiger partial charge in [0, 0.05) is 36.1 Å². The van der Waals surface area contributed by atoms with E-state index in [0.717, 1.165) is 16.0 Å². The zero-order chi connectivity index (χ0) is 22.1. The summed E-state index contributed by atoms with van der Waals surface area (Å²) in [5.74, 6) is -0.253. The molecule has 0 aliphatic heterocycles. The zero-order valence-electron chi connectivity index (χ0n) is 16.1. The van der Waals surface area contributed by atoms with Crippen LogP contribution in [0.25, 0.3) is 0 Å². The number of halogens is 3. The number of aromatic nitrogens is 1. The van der Waals surface area contributed by atoms with Gasteiger partial charge in [-0.3, -0.25) is 9.71 Å². The first kappa shape index (κ1) is 22.4. The van der Waals surface area contributed by atoms with Crippen molar-refractivity contribution < 1.29 is 22.7 Å². The summed E-state index contributed by atoms with van der Waals surface area (Å²) in [5.41, 5.74) is 2.41. The Kier molecular flexibility index (Phi) is 7.74. The van der Waals surface area contributed by atoms with Gasteiger partial charge in [-0.2, -0.15) is 0 Å². The maximum atomic E-state index is 12.2. The first-order valence-electron chi connectivity index (χ1n) is 9.15. The van der Waals surface area contributed by atoms with Crippen LogP contribution in [0.5, 0.6) is 5.75 Å². The lowest BCUT2D eigenvalue weighted by Gasteiger charge is -2.10. The molecule has 0 aliphatic carbocycles. The second-order valence-corrected chi connectivity index (χ2v) is 7.27. The van der Waals surface area contributed by atoms with Crippen molar-refractivity contribution in [2.75, 3.05) is 5.32 Å². The highest BCUT2D eigenvalue weighted by Crippen LogP contribution is 2.23. The fourth-order valence-corrected chi connectivity index (χ4v) is 3.15. The van der Waals surface area contributed by atoms with Gasteiger partial charge >= 0.3 is 12.4 Å².